The molecule has 2 N–H and O–H groups in total. The van der Waals surface area contributed by atoms with E-state index >= 15 is 0 Å². The van der Waals surface area contributed by atoms with E-state index in [-0.39, 0.29) is 23.7 Å². The smallest absolute Gasteiger partial charge is 0.224 e. The molecule has 1 fully saturated rings. The lowest BCUT2D eigenvalue weighted by atomic mass is 10.1. The molecule has 1 aliphatic carbocycles. The van der Waals surface area contributed by atoms with Crippen molar-refractivity contribution >= 4 is 11.8 Å². The third kappa shape index (κ3) is 4.58. The Morgan fingerprint density at radius 1 is 1.14 bits per heavy atom. The Labute approximate surface area is 132 Å². The predicted octanol–water partition coefficient (Wildman–Crippen LogP) is 2.41. The highest BCUT2D eigenvalue weighted by Crippen LogP contribution is 2.38. The second-order valence-electron chi connectivity index (χ2n) is 6.57. The van der Waals surface area contributed by atoms with Gasteiger partial charge in [0.1, 0.15) is 0 Å². The first-order chi connectivity index (χ1) is 10.5. The van der Waals surface area contributed by atoms with Gasteiger partial charge in [0.2, 0.25) is 11.8 Å². The summed E-state index contributed by atoms with van der Waals surface area (Å²) in [5.41, 5.74) is 2.29. The molecule has 22 heavy (non-hydrogen) atoms. The molecule has 0 radical (unpaired) electrons. The lowest BCUT2D eigenvalue weighted by Gasteiger charge is -2.08. The monoisotopic (exact) mass is 302 g/mol. The van der Waals surface area contributed by atoms with E-state index in [1.165, 1.54) is 5.56 Å². The van der Waals surface area contributed by atoms with Crippen molar-refractivity contribution in [1.29, 1.82) is 0 Å². The summed E-state index contributed by atoms with van der Waals surface area (Å²) in [5, 5.41) is 5.87. The molecule has 1 aliphatic rings. The molecule has 0 aromatic heterocycles. The van der Waals surface area contributed by atoms with Gasteiger partial charge in [-0.25, -0.2) is 0 Å². The van der Waals surface area contributed by atoms with E-state index in [1.807, 2.05) is 31.2 Å². The number of hydrogen-bond donors (Lipinski definition) is 2. The maximum Gasteiger partial charge on any atom is 0.224 e. The van der Waals surface area contributed by atoms with E-state index in [0.717, 1.165) is 12.0 Å². The maximum atomic E-state index is 12.1. The highest BCUT2D eigenvalue weighted by atomic mass is 16.2. The Bertz CT molecular complexity index is 540. The summed E-state index contributed by atoms with van der Waals surface area (Å²) in [4.78, 5) is 24.0. The molecule has 120 valence electrons. The van der Waals surface area contributed by atoms with Crippen LogP contribution >= 0.6 is 0 Å². The SMILES string of the molecule is Cc1ccccc1CNC(=O)C1CC1C(=O)NCCC(C)C. The molecule has 0 saturated heterocycles. The normalized spacial score (nSPS) is 19.8. The Hall–Kier alpha value is -1.84. The number of rotatable bonds is 7. The predicted molar refractivity (Wildman–Crippen MR) is 87.1 cm³/mol. The van der Waals surface area contributed by atoms with Crippen molar-refractivity contribution in [1.82, 2.24) is 10.6 Å². The van der Waals surface area contributed by atoms with Crippen LogP contribution < -0.4 is 10.6 Å². The van der Waals surface area contributed by atoms with E-state index in [9.17, 15) is 9.59 Å². The maximum absolute atomic E-state index is 12.1. The van der Waals surface area contributed by atoms with Crippen LogP contribution in [0.2, 0.25) is 0 Å². The van der Waals surface area contributed by atoms with Crippen molar-refractivity contribution in [2.24, 2.45) is 17.8 Å². The summed E-state index contributed by atoms with van der Waals surface area (Å²) in [6.45, 7) is 7.52. The third-order valence-electron chi connectivity index (χ3n) is 4.20. The first-order valence-electron chi connectivity index (χ1n) is 8.09. The molecule has 1 aromatic rings. The van der Waals surface area contributed by atoms with Crippen LogP contribution in [0.25, 0.3) is 0 Å². The minimum absolute atomic E-state index is 0.00716. The molecule has 0 spiro atoms. The number of nitrogens with one attached hydrogen (secondary N) is 2. The van der Waals surface area contributed by atoms with Gasteiger partial charge in [0.15, 0.2) is 0 Å². The second kappa shape index (κ2) is 7.43. The van der Waals surface area contributed by atoms with Crippen LogP contribution in [0.4, 0.5) is 0 Å². The van der Waals surface area contributed by atoms with Crippen molar-refractivity contribution in [3.63, 3.8) is 0 Å². The van der Waals surface area contributed by atoms with Crippen LogP contribution in [-0.2, 0) is 16.1 Å². The van der Waals surface area contributed by atoms with Gasteiger partial charge >= 0.3 is 0 Å². The molecule has 0 bridgehead atoms. The van der Waals surface area contributed by atoms with Gasteiger partial charge in [-0.1, -0.05) is 38.1 Å². The number of aryl methyl sites for hydroxylation is 1. The fourth-order valence-electron chi connectivity index (χ4n) is 2.51. The topological polar surface area (TPSA) is 58.2 Å². The zero-order valence-corrected chi connectivity index (χ0v) is 13.7. The molecule has 4 nitrogen and oxygen atoms in total. The molecule has 2 unspecified atom stereocenters. The number of amides is 2. The number of carbonyl (C=O) groups excluding carboxylic acids is 2. The van der Waals surface area contributed by atoms with Crippen LogP contribution in [-0.4, -0.2) is 18.4 Å². The summed E-state index contributed by atoms with van der Waals surface area (Å²) < 4.78 is 0. The van der Waals surface area contributed by atoms with Gasteiger partial charge in [0, 0.05) is 13.1 Å². The lowest BCUT2D eigenvalue weighted by molar-refractivity contribution is -0.127. The Morgan fingerprint density at radius 2 is 1.77 bits per heavy atom. The van der Waals surface area contributed by atoms with Crippen LogP contribution in [0.1, 0.15) is 37.8 Å². The molecule has 0 aliphatic heterocycles. The number of benzene rings is 1. The van der Waals surface area contributed by atoms with Crippen LogP contribution in [0.5, 0.6) is 0 Å². The number of carbonyl (C=O) groups is 2. The van der Waals surface area contributed by atoms with Crippen LogP contribution in [0, 0.1) is 24.7 Å². The molecule has 2 rings (SSSR count). The zero-order chi connectivity index (χ0) is 16.1. The van der Waals surface area contributed by atoms with Gasteiger partial charge in [-0.3, -0.25) is 9.59 Å². The minimum atomic E-state index is -0.150. The fraction of sp³-hybridized carbons (Fsp3) is 0.556. The van der Waals surface area contributed by atoms with Crippen molar-refractivity contribution in [3.8, 4) is 0 Å². The lowest BCUT2D eigenvalue weighted by Crippen LogP contribution is -2.31. The van der Waals surface area contributed by atoms with E-state index in [1.54, 1.807) is 0 Å². The zero-order valence-electron chi connectivity index (χ0n) is 13.7. The van der Waals surface area contributed by atoms with Gasteiger partial charge in [-0.15, -0.1) is 0 Å². The molecule has 1 aromatic carbocycles. The fourth-order valence-corrected chi connectivity index (χ4v) is 2.51. The highest BCUT2D eigenvalue weighted by Gasteiger charge is 2.47. The highest BCUT2D eigenvalue weighted by molar-refractivity contribution is 5.92. The van der Waals surface area contributed by atoms with E-state index in [0.29, 0.717) is 25.4 Å². The summed E-state index contributed by atoms with van der Waals surface area (Å²) in [6.07, 6.45) is 1.65. The second-order valence-corrected chi connectivity index (χ2v) is 6.57. The summed E-state index contributed by atoms with van der Waals surface area (Å²) in [7, 11) is 0. The van der Waals surface area contributed by atoms with Gasteiger partial charge < -0.3 is 10.6 Å². The first-order valence-corrected chi connectivity index (χ1v) is 8.09. The first kappa shape index (κ1) is 16.5. The summed E-state index contributed by atoms with van der Waals surface area (Å²) in [5.74, 6) is 0.309. The van der Waals surface area contributed by atoms with Gasteiger partial charge in [0.05, 0.1) is 11.8 Å². The van der Waals surface area contributed by atoms with Crippen LogP contribution in [0.15, 0.2) is 24.3 Å². The van der Waals surface area contributed by atoms with Gasteiger partial charge in [0.25, 0.3) is 0 Å². The van der Waals surface area contributed by atoms with Gasteiger partial charge in [-0.2, -0.15) is 0 Å². The molecule has 4 heteroatoms. The summed E-state index contributed by atoms with van der Waals surface area (Å²) >= 11 is 0. The Morgan fingerprint density at radius 3 is 2.41 bits per heavy atom. The molecule has 2 atom stereocenters. The Balaban J connectivity index is 1.72. The van der Waals surface area contributed by atoms with Crippen LogP contribution in [0.3, 0.4) is 0 Å². The van der Waals surface area contributed by atoms with Crippen molar-refractivity contribution < 1.29 is 9.59 Å². The molecule has 1 saturated carbocycles. The average molecular weight is 302 g/mol. The van der Waals surface area contributed by atoms with E-state index < -0.39 is 0 Å². The van der Waals surface area contributed by atoms with Crippen molar-refractivity contribution in [3.05, 3.63) is 35.4 Å². The summed E-state index contributed by atoms with van der Waals surface area (Å²) in [6, 6.07) is 8.00. The van der Waals surface area contributed by atoms with Gasteiger partial charge in [-0.05, 0) is 36.8 Å². The van der Waals surface area contributed by atoms with E-state index in [4.69, 9.17) is 0 Å². The standard InChI is InChI=1S/C18H26N2O2/c1-12(2)8-9-19-17(21)15-10-16(15)18(22)20-11-14-7-5-4-6-13(14)3/h4-7,12,15-16H,8-11H2,1-3H3,(H,19,21)(H,20,22). The molecule has 0 heterocycles. The number of hydrogen-bond acceptors (Lipinski definition) is 2. The quantitative estimate of drug-likeness (QED) is 0.812. The van der Waals surface area contributed by atoms with E-state index in [2.05, 4.69) is 24.5 Å². The Kier molecular flexibility index (Phi) is 5.58. The molecular formula is C18H26N2O2. The third-order valence-corrected chi connectivity index (χ3v) is 4.20. The van der Waals surface area contributed by atoms with Crippen molar-refractivity contribution in [2.75, 3.05) is 6.54 Å². The average Bonchev–Trinajstić information content (AvgIpc) is 3.26. The van der Waals surface area contributed by atoms with Crippen molar-refractivity contribution in [2.45, 2.75) is 40.2 Å². The largest absolute Gasteiger partial charge is 0.356 e. The molecular weight excluding hydrogens is 276 g/mol. The molecule has 2 amide bonds. The minimum Gasteiger partial charge on any atom is -0.356 e.